The quantitative estimate of drug-likeness (QED) is 0.833. The largest absolute Gasteiger partial charge is 0.364 e. The lowest BCUT2D eigenvalue weighted by Crippen LogP contribution is -2.34. The molecule has 5 nitrogen and oxygen atoms in total. The Morgan fingerprint density at radius 2 is 2.00 bits per heavy atom. The molecule has 0 saturated heterocycles. The van der Waals surface area contributed by atoms with Crippen molar-refractivity contribution in [3.63, 3.8) is 0 Å². The van der Waals surface area contributed by atoms with Gasteiger partial charge in [-0.15, -0.1) is 0 Å². The molecule has 2 aromatic rings. The summed E-state index contributed by atoms with van der Waals surface area (Å²) in [6.45, 7) is 1.78. The van der Waals surface area contributed by atoms with Crippen LogP contribution in [0.5, 0.6) is 0 Å². The van der Waals surface area contributed by atoms with Crippen molar-refractivity contribution in [2.75, 3.05) is 0 Å². The van der Waals surface area contributed by atoms with Gasteiger partial charge in [0.2, 0.25) is 0 Å². The topological polar surface area (TPSA) is 72.2 Å². The minimum absolute atomic E-state index is 0.00597. The summed E-state index contributed by atoms with van der Waals surface area (Å²) in [5.74, 6) is -0.351. The monoisotopic (exact) mass is 258 g/mol. The van der Waals surface area contributed by atoms with Crippen molar-refractivity contribution in [2.45, 2.75) is 19.4 Å². The van der Waals surface area contributed by atoms with Gasteiger partial charge in [0.05, 0.1) is 0 Å². The fourth-order valence-electron chi connectivity index (χ4n) is 1.70. The maximum Gasteiger partial charge on any atom is 0.273 e. The predicted octanol–water partition coefficient (Wildman–Crippen LogP) is 2.07. The number of nitrogens with zero attached hydrogens (tertiary/aromatic N) is 1. The molecule has 0 aliphatic heterocycles. The minimum atomic E-state index is -0.345. The summed E-state index contributed by atoms with van der Waals surface area (Å²) in [6.07, 6.45) is 1.57. The van der Waals surface area contributed by atoms with Gasteiger partial charge in [-0.25, -0.2) is 0 Å². The number of ketones is 1. The van der Waals surface area contributed by atoms with E-state index in [9.17, 15) is 9.59 Å². The first kappa shape index (κ1) is 13.0. The maximum atomic E-state index is 11.9. The van der Waals surface area contributed by atoms with Gasteiger partial charge in [-0.2, -0.15) is 0 Å². The van der Waals surface area contributed by atoms with E-state index in [2.05, 4.69) is 15.0 Å². The van der Waals surface area contributed by atoms with Gasteiger partial charge in [0.15, 0.2) is 11.5 Å². The number of amides is 1. The summed E-state index contributed by atoms with van der Waals surface area (Å²) in [6, 6.07) is 10.2. The standard InChI is InChI=1S/C14H14N2O3/c1-10(15-14(18)12-7-8-19-16-12)9-13(17)11-5-3-2-4-6-11/h2-8,10H,9H2,1H3,(H,15,18)/t10-/m0/s1. The Hall–Kier alpha value is -2.43. The lowest BCUT2D eigenvalue weighted by atomic mass is 10.0. The SMILES string of the molecule is C[C@@H](CC(=O)c1ccccc1)NC(=O)c1ccon1. The van der Waals surface area contributed by atoms with Crippen LogP contribution in [-0.4, -0.2) is 22.9 Å². The van der Waals surface area contributed by atoms with Crippen molar-refractivity contribution in [3.8, 4) is 0 Å². The van der Waals surface area contributed by atoms with E-state index in [0.717, 1.165) is 0 Å². The van der Waals surface area contributed by atoms with Crippen molar-refractivity contribution >= 4 is 11.7 Å². The van der Waals surface area contributed by atoms with Crippen LogP contribution < -0.4 is 5.32 Å². The molecule has 5 heteroatoms. The molecular weight excluding hydrogens is 244 g/mol. The Morgan fingerprint density at radius 1 is 1.26 bits per heavy atom. The molecule has 98 valence electrons. The molecule has 0 unspecified atom stereocenters. The molecule has 1 amide bonds. The highest BCUT2D eigenvalue weighted by Crippen LogP contribution is 2.06. The Labute approximate surface area is 110 Å². The molecule has 0 bridgehead atoms. The van der Waals surface area contributed by atoms with Crippen molar-refractivity contribution < 1.29 is 14.1 Å². The number of benzene rings is 1. The van der Waals surface area contributed by atoms with Gasteiger partial charge in [0.25, 0.3) is 5.91 Å². The lowest BCUT2D eigenvalue weighted by Gasteiger charge is -2.11. The number of carbonyl (C=O) groups is 2. The highest BCUT2D eigenvalue weighted by Gasteiger charge is 2.15. The molecule has 1 aromatic carbocycles. The van der Waals surface area contributed by atoms with E-state index in [0.29, 0.717) is 5.56 Å². The summed E-state index contributed by atoms with van der Waals surface area (Å²) >= 11 is 0. The van der Waals surface area contributed by atoms with Gasteiger partial charge in [0.1, 0.15) is 6.26 Å². The van der Waals surface area contributed by atoms with E-state index < -0.39 is 0 Å². The lowest BCUT2D eigenvalue weighted by molar-refractivity contribution is 0.0911. The second-order valence-corrected chi connectivity index (χ2v) is 4.25. The van der Waals surface area contributed by atoms with Gasteiger partial charge in [-0.3, -0.25) is 9.59 Å². The predicted molar refractivity (Wildman–Crippen MR) is 68.8 cm³/mol. The fraction of sp³-hybridized carbons (Fsp3) is 0.214. The van der Waals surface area contributed by atoms with E-state index in [4.69, 9.17) is 0 Å². The molecule has 0 fully saturated rings. The molecule has 1 N–H and O–H groups in total. The molecule has 1 aromatic heterocycles. The van der Waals surface area contributed by atoms with Crippen LogP contribution in [0.15, 0.2) is 47.2 Å². The fourth-order valence-corrected chi connectivity index (χ4v) is 1.70. The molecule has 2 rings (SSSR count). The van der Waals surface area contributed by atoms with Crippen molar-refractivity contribution in [1.29, 1.82) is 0 Å². The third-order valence-corrected chi connectivity index (χ3v) is 2.64. The normalized spacial score (nSPS) is 11.8. The smallest absolute Gasteiger partial charge is 0.273 e. The van der Waals surface area contributed by atoms with Gasteiger partial charge >= 0.3 is 0 Å². The van der Waals surface area contributed by atoms with Gasteiger partial charge in [0, 0.05) is 24.1 Å². The molecular formula is C14H14N2O3. The molecule has 0 saturated carbocycles. The number of hydrogen-bond acceptors (Lipinski definition) is 4. The first-order chi connectivity index (χ1) is 9.16. The Balaban J connectivity index is 1.90. The number of rotatable bonds is 5. The number of aromatic nitrogens is 1. The Morgan fingerprint density at radius 3 is 2.63 bits per heavy atom. The first-order valence-corrected chi connectivity index (χ1v) is 5.96. The third kappa shape index (κ3) is 3.51. The van der Waals surface area contributed by atoms with Gasteiger partial charge < -0.3 is 9.84 Å². The van der Waals surface area contributed by atoms with Gasteiger partial charge in [-0.05, 0) is 6.92 Å². The highest BCUT2D eigenvalue weighted by molar-refractivity contribution is 5.97. The summed E-state index contributed by atoms with van der Waals surface area (Å²) in [4.78, 5) is 23.6. The highest BCUT2D eigenvalue weighted by atomic mass is 16.5. The zero-order valence-electron chi connectivity index (χ0n) is 10.5. The average Bonchev–Trinajstić information content (AvgIpc) is 2.93. The molecule has 1 atom stereocenters. The second-order valence-electron chi connectivity index (χ2n) is 4.25. The van der Waals surface area contributed by atoms with E-state index in [1.807, 2.05) is 18.2 Å². The zero-order chi connectivity index (χ0) is 13.7. The molecule has 0 spiro atoms. The van der Waals surface area contributed by atoms with Crippen molar-refractivity contribution in [1.82, 2.24) is 10.5 Å². The van der Waals surface area contributed by atoms with Crippen LogP contribution in [0.3, 0.4) is 0 Å². The third-order valence-electron chi connectivity index (χ3n) is 2.64. The zero-order valence-corrected chi connectivity index (χ0v) is 10.5. The molecule has 0 aliphatic carbocycles. The maximum absolute atomic E-state index is 11.9. The summed E-state index contributed by atoms with van der Waals surface area (Å²) in [7, 11) is 0. The summed E-state index contributed by atoms with van der Waals surface area (Å²) < 4.78 is 4.59. The van der Waals surface area contributed by atoms with Crippen LogP contribution in [0.4, 0.5) is 0 Å². The van der Waals surface area contributed by atoms with E-state index in [-0.39, 0.29) is 29.8 Å². The Kier molecular flexibility index (Phi) is 4.07. The van der Waals surface area contributed by atoms with E-state index >= 15 is 0 Å². The number of hydrogen-bond donors (Lipinski definition) is 1. The van der Waals surface area contributed by atoms with Crippen LogP contribution in [0, 0.1) is 0 Å². The second kappa shape index (κ2) is 5.95. The summed E-state index contributed by atoms with van der Waals surface area (Å²) in [5.41, 5.74) is 0.851. The van der Waals surface area contributed by atoms with Gasteiger partial charge in [-0.1, -0.05) is 35.5 Å². The Bertz CT molecular complexity index is 549. The van der Waals surface area contributed by atoms with Crippen LogP contribution >= 0.6 is 0 Å². The van der Waals surface area contributed by atoms with E-state index in [1.54, 1.807) is 19.1 Å². The molecule has 0 aliphatic rings. The van der Waals surface area contributed by atoms with Crippen molar-refractivity contribution in [2.24, 2.45) is 0 Å². The van der Waals surface area contributed by atoms with Crippen LogP contribution in [0.25, 0.3) is 0 Å². The van der Waals surface area contributed by atoms with Crippen molar-refractivity contribution in [3.05, 3.63) is 53.9 Å². The average molecular weight is 258 g/mol. The number of nitrogens with one attached hydrogen (secondary N) is 1. The minimum Gasteiger partial charge on any atom is -0.364 e. The van der Waals surface area contributed by atoms with Crippen LogP contribution in [0.2, 0.25) is 0 Å². The molecule has 0 radical (unpaired) electrons. The first-order valence-electron chi connectivity index (χ1n) is 5.96. The number of carbonyl (C=O) groups excluding carboxylic acids is 2. The number of Topliss-reactive ketones (excluding diaryl/α,β-unsaturated/α-hetero) is 1. The molecule has 19 heavy (non-hydrogen) atoms. The molecule has 1 heterocycles. The van der Waals surface area contributed by atoms with Crippen LogP contribution in [-0.2, 0) is 0 Å². The van der Waals surface area contributed by atoms with E-state index in [1.165, 1.54) is 12.3 Å². The van der Waals surface area contributed by atoms with Crippen LogP contribution in [0.1, 0.15) is 34.2 Å². The summed E-state index contributed by atoms with van der Waals surface area (Å²) in [5, 5.41) is 6.24.